The molecule has 0 aliphatic carbocycles. The third-order valence-corrected chi connectivity index (χ3v) is 3.83. The maximum atomic E-state index is 5.97. The number of rotatable bonds is 5. The third kappa shape index (κ3) is 3.69. The van der Waals surface area contributed by atoms with Crippen molar-refractivity contribution in [1.82, 2.24) is 9.80 Å². The van der Waals surface area contributed by atoms with Crippen molar-refractivity contribution >= 4 is 11.6 Å². The van der Waals surface area contributed by atoms with E-state index in [-0.39, 0.29) is 0 Å². The lowest BCUT2D eigenvalue weighted by molar-refractivity contribution is 0.0916. The zero-order chi connectivity index (χ0) is 13.7. The van der Waals surface area contributed by atoms with Gasteiger partial charge in [-0.15, -0.1) is 13.2 Å². The predicted octanol–water partition coefficient (Wildman–Crippen LogP) is 3.37. The van der Waals surface area contributed by atoms with Gasteiger partial charge in [0.15, 0.2) is 0 Å². The second-order valence-electron chi connectivity index (χ2n) is 4.90. The topological polar surface area (TPSA) is 6.48 Å². The fourth-order valence-electron chi connectivity index (χ4n) is 2.61. The number of nitrogens with zero attached hydrogens (tertiary/aromatic N) is 2. The average Bonchev–Trinajstić information content (AvgIpc) is 2.42. The van der Waals surface area contributed by atoms with E-state index < -0.39 is 0 Å². The Morgan fingerprint density at radius 2 is 1.79 bits per heavy atom. The van der Waals surface area contributed by atoms with Crippen LogP contribution in [0.3, 0.4) is 0 Å². The molecule has 1 aliphatic heterocycles. The van der Waals surface area contributed by atoms with Crippen molar-refractivity contribution in [2.45, 2.75) is 6.04 Å². The second kappa shape index (κ2) is 6.90. The highest BCUT2D eigenvalue weighted by Crippen LogP contribution is 2.26. The van der Waals surface area contributed by atoms with E-state index in [0.717, 1.165) is 37.7 Å². The van der Waals surface area contributed by atoms with E-state index in [1.807, 2.05) is 24.3 Å². The summed E-state index contributed by atoms with van der Waals surface area (Å²) in [7, 11) is 0. The number of halogens is 1. The number of hydrogen-bond acceptors (Lipinski definition) is 2. The van der Waals surface area contributed by atoms with Gasteiger partial charge in [-0.05, 0) is 17.7 Å². The summed E-state index contributed by atoms with van der Waals surface area (Å²) in [5.41, 5.74) is 1.32. The smallest absolute Gasteiger partial charge is 0.0479 e. The van der Waals surface area contributed by atoms with Crippen LogP contribution in [-0.4, -0.2) is 42.5 Å². The summed E-state index contributed by atoms with van der Waals surface area (Å²) in [6.07, 6.45) is 3.95. The molecule has 2 rings (SSSR count). The number of piperazine rings is 1. The SMILES string of the molecule is C=CCN1CCN(CC=C)C(c2ccc(Cl)cc2)C1. The number of hydrogen-bond donors (Lipinski definition) is 0. The minimum Gasteiger partial charge on any atom is -0.297 e. The highest BCUT2D eigenvalue weighted by Gasteiger charge is 2.26. The summed E-state index contributed by atoms with van der Waals surface area (Å²) in [6.45, 7) is 12.7. The first-order valence-electron chi connectivity index (χ1n) is 6.68. The van der Waals surface area contributed by atoms with Crippen LogP contribution in [0.1, 0.15) is 11.6 Å². The van der Waals surface area contributed by atoms with Gasteiger partial charge in [-0.25, -0.2) is 0 Å². The van der Waals surface area contributed by atoms with Gasteiger partial charge in [0.2, 0.25) is 0 Å². The molecule has 1 aromatic rings. The van der Waals surface area contributed by atoms with Crippen LogP contribution < -0.4 is 0 Å². The quantitative estimate of drug-likeness (QED) is 0.761. The molecule has 1 unspecified atom stereocenters. The maximum absolute atomic E-state index is 5.97. The van der Waals surface area contributed by atoms with Gasteiger partial charge in [0.25, 0.3) is 0 Å². The molecule has 1 saturated heterocycles. The maximum Gasteiger partial charge on any atom is 0.0479 e. The zero-order valence-electron chi connectivity index (χ0n) is 11.3. The fraction of sp³-hybridized carbons (Fsp3) is 0.375. The van der Waals surface area contributed by atoms with Gasteiger partial charge < -0.3 is 0 Å². The Labute approximate surface area is 121 Å². The largest absolute Gasteiger partial charge is 0.297 e. The third-order valence-electron chi connectivity index (χ3n) is 3.58. The molecule has 0 amide bonds. The molecule has 19 heavy (non-hydrogen) atoms. The molecule has 0 saturated carbocycles. The Morgan fingerprint density at radius 3 is 2.42 bits per heavy atom. The van der Waals surface area contributed by atoms with Gasteiger partial charge in [-0.3, -0.25) is 9.80 Å². The first kappa shape index (κ1) is 14.3. The average molecular weight is 277 g/mol. The predicted molar refractivity (Wildman–Crippen MR) is 82.6 cm³/mol. The Kier molecular flexibility index (Phi) is 5.20. The van der Waals surface area contributed by atoms with Crippen molar-refractivity contribution in [3.8, 4) is 0 Å². The van der Waals surface area contributed by atoms with E-state index in [4.69, 9.17) is 11.6 Å². The highest BCUT2D eigenvalue weighted by molar-refractivity contribution is 6.30. The summed E-state index contributed by atoms with van der Waals surface area (Å²) in [6, 6.07) is 8.59. The Morgan fingerprint density at radius 1 is 1.11 bits per heavy atom. The van der Waals surface area contributed by atoms with Crippen LogP contribution >= 0.6 is 11.6 Å². The minimum atomic E-state index is 0.406. The molecule has 1 atom stereocenters. The minimum absolute atomic E-state index is 0.406. The summed E-state index contributed by atoms with van der Waals surface area (Å²) in [4.78, 5) is 4.90. The molecule has 0 N–H and O–H groups in total. The molecule has 2 nitrogen and oxygen atoms in total. The molecule has 1 fully saturated rings. The normalized spacial score (nSPS) is 21.2. The van der Waals surface area contributed by atoms with Crippen molar-refractivity contribution in [2.75, 3.05) is 32.7 Å². The van der Waals surface area contributed by atoms with E-state index in [9.17, 15) is 0 Å². The van der Waals surface area contributed by atoms with Gasteiger partial charge in [-0.1, -0.05) is 35.9 Å². The summed E-state index contributed by atoms with van der Waals surface area (Å²) in [5, 5.41) is 0.790. The molecule has 1 aliphatic rings. The Hall–Kier alpha value is -1.09. The lowest BCUT2D eigenvalue weighted by atomic mass is 10.0. The molecule has 1 heterocycles. The van der Waals surface area contributed by atoms with Gasteiger partial charge in [0.1, 0.15) is 0 Å². The summed E-state index contributed by atoms with van der Waals surface area (Å²) in [5.74, 6) is 0. The van der Waals surface area contributed by atoms with E-state index in [2.05, 4.69) is 35.1 Å². The zero-order valence-corrected chi connectivity index (χ0v) is 12.0. The molecule has 0 aromatic heterocycles. The van der Waals surface area contributed by atoms with Crippen molar-refractivity contribution < 1.29 is 0 Å². The Balaban J connectivity index is 2.16. The molecule has 0 radical (unpaired) electrons. The van der Waals surface area contributed by atoms with Crippen molar-refractivity contribution in [2.24, 2.45) is 0 Å². The van der Waals surface area contributed by atoms with Crippen molar-refractivity contribution in [3.05, 3.63) is 60.2 Å². The van der Waals surface area contributed by atoms with Crippen LogP contribution in [-0.2, 0) is 0 Å². The first-order valence-corrected chi connectivity index (χ1v) is 7.06. The highest BCUT2D eigenvalue weighted by atomic mass is 35.5. The molecule has 0 spiro atoms. The molecule has 0 bridgehead atoms. The van der Waals surface area contributed by atoms with Gasteiger partial charge >= 0.3 is 0 Å². The van der Waals surface area contributed by atoms with E-state index in [1.54, 1.807) is 0 Å². The van der Waals surface area contributed by atoms with Crippen LogP contribution in [0.15, 0.2) is 49.6 Å². The van der Waals surface area contributed by atoms with E-state index >= 15 is 0 Å². The van der Waals surface area contributed by atoms with Gasteiger partial charge in [0, 0.05) is 43.8 Å². The summed E-state index contributed by atoms with van der Waals surface area (Å²) < 4.78 is 0. The fourth-order valence-corrected chi connectivity index (χ4v) is 2.74. The lowest BCUT2D eigenvalue weighted by Crippen LogP contribution is -2.48. The molecular formula is C16H21ClN2. The monoisotopic (exact) mass is 276 g/mol. The van der Waals surface area contributed by atoms with Gasteiger partial charge in [0.05, 0.1) is 0 Å². The van der Waals surface area contributed by atoms with Crippen LogP contribution in [0.5, 0.6) is 0 Å². The molecule has 3 heteroatoms. The standard InChI is InChI=1S/C16H21ClN2/c1-3-9-18-11-12-19(10-4-2)16(13-18)14-5-7-15(17)8-6-14/h3-8,16H,1-2,9-13H2. The summed E-state index contributed by atoms with van der Waals surface area (Å²) >= 11 is 5.97. The lowest BCUT2D eigenvalue weighted by Gasteiger charge is -2.41. The van der Waals surface area contributed by atoms with Crippen LogP contribution in [0.2, 0.25) is 5.02 Å². The molecular weight excluding hydrogens is 256 g/mol. The Bertz CT molecular complexity index is 427. The molecule has 102 valence electrons. The molecule has 1 aromatic carbocycles. The van der Waals surface area contributed by atoms with Gasteiger partial charge in [-0.2, -0.15) is 0 Å². The second-order valence-corrected chi connectivity index (χ2v) is 5.34. The van der Waals surface area contributed by atoms with Crippen LogP contribution in [0, 0.1) is 0 Å². The number of benzene rings is 1. The van der Waals surface area contributed by atoms with Crippen molar-refractivity contribution in [3.63, 3.8) is 0 Å². The van der Waals surface area contributed by atoms with Crippen LogP contribution in [0.4, 0.5) is 0 Å². The van der Waals surface area contributed by atoms with Crippen LogP contribution in [0.25, 0.3) is 0 Å². The van der Waals surface area contributed by atoms with E-state index in [0.29, 0.717) is 6.04 Å². The van der Waals surface area contributed by atoms with E-state index in [1.165, 1.54) is 5.56 Å². The first-order chi connectivity index (χ1) is 9.24. The van der Waals surface area contributed by atoms with Crippen molar-refractivity contribution in [1.29, 1.82) is 0 Å².